The maximum atomic E-state index is 15.0. The number of phenols is 1. The number of amides is 1. The highest BCUT2D eigenvalue weighted by atomic mass is 32.2. The van der Waals surface area contributed by atoms with Gasteiger partial charge in [-0.05, 0) is 13.3 Å². The Balaban J connectivity index is 1.83. The van der Waals surface area contributed by atoms with Gasteiger partial charge in [0.2, 0.25) is 5.95 Å². The topological polar surface area (TPSA) is 132 Å². The maximum Gasteiger partial charge on any atom is 0.326 e. The van der Waals surface area contributed by atoms with Crippen molar-refractivity contribution in [3.8, 4) is 5.75 Å². The number of H-pyrrole nitrogens is 1. The lowest BCUT2D eigenvalue weighted by atomic mass is 10.1. The quantitative estimate of drug-likeness (QED) is 0.671. The predicted octanol–water partition coefficient (Wildman–Crippen LogP) is -0.167. The number of anilines is 3. The van der Waals surface area contributed by atoms with Crippen LogP contribution in [0.3, 0.4) is 0 Å². The smallest absolute Gasteiger partial charge is 0.326 e. The summed E-state index contributed by atoms with van der Waals surface area (Å²) in [6, 6.07) is 1.25. The molecular weight excluding hydrogens is 355 g/mol. The van der Waals surface area contributed by atoms with Crippen LogP contribution in [-0.4, -0.2) is 47.7 Å². The highest BCUT2D eigenvalue weighted by molar-refractivity contribution is 7.92. The van der Waals surface area contributed by atoms with Gasteiger partial charge in [-0.15, -0.1) is 5.10 Å². The number of hydrogen-bond donors (Lipinski definition) is 3. The first-order valence-corrected chi connectivity index (χ1v) is 8.76. The summed E-state index contributed by atoms with van der Waals surface area (Å²) in [6.45, 7) is 1.50. The number of carbonyl (C=O) groups excluding carboxylic acids is 1. The summed E-state index contributed by atoms with van der Waals surface area (Å²) in [6.07, 6.45) is 0.275. The summed E-state index contributed by atoms with van der Waals surface area (Å²) in [5.74, 6) is -1.36. The predicted molar refractivity (Wildman–Crippen MR) is 84.3 cm³/mol. The lowest BCUT2D eigenvalue weighted by Gasteiger charge is -2.20. The van der Waals surface area contributed by atoms with E-state index >= 15 is 0 Å². The Kier molecular flexibility index (Phi) is 3.16. The number of carbonyl (C=O) groups is 1. The molecule has 1 amide bonds. The van der Waals surface area contributed by atoms with Crippen LogP contribution in [-0.2, 0) is 21.4 Å². The molecule has 3 N–H and O–H groups in total. The number of benzene rings is 1. The fourth-order valence-electron chi connectivity index (χ4n) is 3.02. The minimum absolute atomic E-state index is 0.227. The van der Waals surface area contributed by atoms with Gasteiger partial charge in [0.1, 0.15) is 23.8 Å². The van der Waals surface area contributed by atoms with Crippen molar-refractivity contribution in [3.63, 3.8) is 0 Å². The summed E-state index contributed by atoms with van der Waals surface area (Å²) < 4.78 is 41.1. The van der Waals surface area contributed by atoms with Crippen molar-refractivity contribution in [2.75, 3.05) is 22.3 Å². The monoisotopic (exact) mass is 368 g/mol. The molecule has 1 fully saturated rings. The molecule has 1 aromatic carbocycles. The SMILES string of the molecule is Cc1nc(N2CCc3c2cc(O)c(N2CC(=O)NS2(=O)=O)c3F)n[nH]1. The van der Waals surface area contributed by atoms with Crippen molar-refractivity contribution >= 4 is 33.4 Å². The fourth-order valence-corrected chi connectivity index (χ4v) is 4.18. The second-order valence-electron chi connectivity index (χ2n) is 5.72. The van der Waals surface area contributed by atoms with Gasteiger partial charge in [0.05, 0.1) is 5.69 Å². The van der Waals surface area contributed by atoms with E-state index in [0.717, 1.165) is 0 Å². The van der Waals surface area contributed by atoms with Gasteiger partial charge < -0.3 is 10.0 Å². The Morgan fingerprint density at radius 1 is 1.40 bits per heavy atom. The van der Waals surface area contributed by atoms with E-state index in [4.69, 9.17) is 0 Å². The lowest BCUT2D eigenvalue weighted by molar-refractivity contribution is -0.117. The largest absolute Gasteiger partial charge is 0.506 e. The molecule has 132 valence electrons. The Hall–Kier alpha value is -2.89. The molecule has 1 saturated heterocycles. The molecule has 12 heteroatoms. The number of fused-ring (bicyclic) bond motifs is 1. The number of halogens is 1. The van der Waals surface area contributed by atoms with Crippen LogP contribution >= 0.6 is 0 Å². The van der Waals surface area contributed by atoms with Gasteiger partial charge in [-0.1, -0.05) is 0 Å². The van der Waals surface area contributed by atoms with Crippen LogP contribution in [0.15, 0.2) is 6.07 Å². The minimum Gasteiger partial charge on any atom is -0.506 e. The summed E-state index contributed by atoms with van der Waals surface area (Å²) in [7, 11) is -4.22. The van der Waals surface area contributed by atoms with E-state index in [9.17, 15) is 22.7 Å². The second-order valence-corrected chi connectivity index (χ2v) is 7.31. The summed E-state index contributed by atoms with van der Waals surface area (Å²) in [4.78, 5) is 17.2. The van der Waals surface area contributed by atoms with Crippen molar-refractivity contribution in [1.82, 2.24) is 19.9 Å². The number of rotatable bonds is 2. The van der Waals surface area contributed by atoms with Gasteiger partial charge >= 0.3 is 10.2 Å². The molecule has 0 radical (unpaired) electrons. The first-order chi connectivity index (χ1) is 11.8. The molecule has 0 unspecified atom stereocenters. The number of aromatic nitrogens is 3. The van der Waals surface area contributed by atoms with Crippen LogP contribution in [0.1, 0.15) is 11.4 Å². The van der Waals surface area contributed by atoms with Gasteiger partial charge in [0, 0.05) is 18.2 Å². The number of aromatic hydroxyl groups is 1. The average molecular weight is 368 g/mol. The van der Waals surface area contributed by atoms with E-state index in [1.807, 2.05) is 0 Å². The molecule has 4 rings (SSSR count). The van der Waals surface area contributed by atoms with E-state index in [1.54, 1.807) is 16.5 Å². The standard InChI is InChI=1S/C13H13FN6O4S/c1-6-15-13(17-16-6)19-3-2-7-8(19)4-9(21)12(11(7)14)20-5-10(22)18-25(20,23)24/h4,21H,2-3,5H2,1H3,(H,18,22)(H,15,16,17). The molecule has 2 aliphatic rings. The molecule has 2 aliphatic heterocycles. The maximum absolute atomic E-state index is 15.0. The zero-order valence-corrected chi connectivity index (χ0v) is 13.8. The number of aromatic amines is 1. The molecule has 1 aromatic heterocycles. The Morgan fingerprint density at radius 2 is 2.16 bits per heavy atom. The lowest BCUT2D eigenvalue weighted by Crippen LogP contribution is -2.30. The van der Waals surface area contributed by atoms with Crippen molar-refractivity contribution < 1.29 is 22.7 Å². The average Bonchev–Trinajstić information content (AvgIpc) is 3.17. The van der Waals surface area contributed by atoms with Gasteiger partial charge in [-0.25, -0.2) is 13.4 Å². The summed E-state index contributed by atoms with van der Waals surface area (Å²) in [5, 5.41) is 16.9. The minimum atomic E-state index is -4.22. The van der Waals surface area contributed by atoms with E-state index in [0.29, 0.717) is 28.3 Å². The van der Waals surface area contributed by atoms with Crippen LogP contribution < -0.4 is 13.9 Å². The van der Waals surface area contributed by atoms with Crippen molar-refractivity contribution in [1.29, 1.82) is 0 Å². The molecule has 0 saturated carbocycles. The van der Waals surface area contributed by atoms with Gasteiger partial charge in [-0.3, -0.25) is 9.89 Å². The molecule has 2 aromatic rings. The molecular formula is C13H13FN6O4S. The zero-order chi connectivity index (χ0) is 17.9. The van der Waals surface area contributed by atoms with Crippen LogP contribution in [0.25, 0.3) is 0 Å². The van der Waals surface area contributed by atoms with Gasteiger partial charge in [-0.2, -0.15) is 13.4 Å². The number of phenolic OH excluding ortho intramolecular Hbond substituents is 1. The van der Waals surface area contributed by atoms with E-state index in [2.05, 4.69) is 15.2 Å². The third kappa shape index (κ3) is 2.28. The van der Waals surface area contributed by atoms with Crippen molar-refractivity contribution in [2.45, 2.75) is 13.3 Å². The Morgan fingerprint density at radius 3 is 2.76 bits per heavy atom. The van der Waals surface area contributed by atoms with Crippen LogP contribution in [0.2, 0.25) is 0 Å². The third-order valence-corrected chi connectivity index (χ3v) is 5.45. The Bertz CT molecular complexity index is 1000. The van der Waals surface area contributed by atoms with Crippen LogP contribution in [0, 0.1) is 12.7 Å². The van der Waals surface area contributed by atoms with E-state index in [-0.39, 0.29) is 12.0 Å². The highest BCUT2D eigenvalue weighted by Crippen LogP contribution is 2.44. The third-order valence-electron chi connectivity index (χ3n) is 4.07. The normalized spacial score (nSPS) is 18.6. The van der Waals surface area contributed by atoms with Crippen LogP contribution in [0.5, 0.6) is 5.75 Å². The first-order valence-electron chi connectivity index (χ1n) is 7.32. The van der Waals surface area contributed by atoms with E-state index in [1.165, 1.54) is 6.07 Å². The number of aryl methyl sites for hydroxylation is 1. The van der Waals surface area contributed by atoms with Crippen molar-refractivity contribution in [3.05, 3.63) is 23.3 Å². The summed E-state index contributed by atoms with van der Waals surface area (Å²) in [5.41, 5.74) is 0.0450. The van der Waals surface area contributed by atoms with Gasteiger partial charge in [0.25, 0.3) is 5.91 Å². The molecule has 10 nitrogen and oxygen atoms in total. The molecule has 3 heterocycles. The highest BCUT2D eigenvalue weighted by Gasteiger charge is 2.40. The first kappa shape index (κ1) is 15.6. The fraction of sp³-hybridized carbons (Fsp3) is 0.308. The molecule has 0 aliphatic carbocycles. The Labute approximate surface area is 141 Å². The molecule has 0 bridgehead atoms. The zero-order valence-electron chi connectivity index (χ0n) is 12.9. The van der Waals surface area contributed by atoms with E-state index < -0.39 is 39.9 Å². The molecule has 0 atom stereocenters. The second kappa shape index (κ2) is 5.05. The van der Waals surface area contributed by atoms with Crippen molar-refractivity contribution in [2.24, 2.45) is 0 Å². The molecule has 0 spiro atoms. The number of nitrogens with zero attached hydrogens (tertiary/aromatic N) is 4. The summed E-state index contributed by atoms with van der Waals surface area (Å²) >= 11 is 0. The number of hydrogen-bond acceptors (Lipinski definition) is 7. The number of nitrogens with one attached hydrogen (secondary N) is 2. The van der Waals surface area contributed by atoms with Gasteiger partial charge in [0.15, 0.2) is 5.82 Å². The molecule has 25 heavy (non-hydrogen) atoms. The van der Waals surface area contributed by atoms with Crippen LogP contribution in [0.4, 0.5) is 21.7 Å².